The van der Waals surface area contributed by atoms with Gasteiger partial charge in [0.05, 0.1) is 30.7 Å². The van der Waals surface area contributed by atoms with Gasteiger partial charge in [0.25, 0.3) is 5.91 Å². The number of rotatable bonds is 4. The maximum Gasteiger partial charge on any atom is 0.251 e. The van der Waals surface area contributed by atoms with Crippen molar-refractivity contribution in [3.8, 4) is 0 Å². The molecule has 0 saturated heterocycles. The molecular weight excluding hydrogens is 218 g/mol. The number of aliphatic hydroxyl groups excluding tert-OH is 1. The fourth-order valence-electron chi connectivity index (χ4n) is 1.61. The molecule has 0 fully saturated rings. The van der Waals surface area contributed by atoms with Gasteiger partial charge in [-0.3, -0.25) is 4.79 Å². The minimum atomic E-state index is -0.191. The molecule has 2 aromatic rings. The first-order valence-corrected chi connectivity index (χ1v) is 5.58. The molecule has 2 heterocycles. The van der Waals surface area contributed by atoms with E-state index in [-0.39, 0.29) is 18.6 Å². The second kappa shape index (κ2) is 4.97. The van der Waals surface area contributed by atoms with Crippen LogP contribution in [0.5, 0.6) is 0 Å². The van der Waals surface area contributed by atoms with Gasteiger partial charge in [0, 0.05) is 11.8 Å². The quantitative estimate of drug-likeness (QED) is 0.822. The summed E-state index contributed by atoms with van der Waals surface area (Å²) in [6, 6.07) is 3.31. The van der Waals surface area contributed by atoms with E-state index in [0.29, 0.717) is 12.0 Å². The molecule has 0 aliphatic carbocycles. The molecule has 1 atom stereocenters. The Labute approximate surface area is 99.1 Å². The maximum atomic E-state index is 11.9. The topological polar surface area (TPSA) is 66.6 Å². The molecule has 0 aromatic carbocycles. The van der Waals surface area contributed by atoms with Crippen molar-refractivity contribution in [3.05, 3.63) is 36.4 Å². The molecular formula is C12H15N3O2. The molecule has 2 rings (SSSR count). The highest BCUT2D eigenvalue weighted by Crippen LogP contribution is 2.07. The third kappa shape index (κ3) is 2.45. The van der Waals surface area contributed by atoms with Gasteiger partial charge in [0.15, 0.2) is 0 Å². The molecule has 5 heteroatoms. The van der Waals surface area contributed by atoms with Crippen molar-refractivity contribution < 1.29 is 9.90 Å². The van der Waals surface area contributed by atoms with Crippen LogP contribution in [-0.4, -0.2) is 33.0 Å². The van der Waals surface area contributed by atoms with E-state index >= 15 is 0 Å². The molecule has 90 valence electrons. The number of fused-ring (bicyclic) bond motifs is 1. The fraction of sp³-hybridized carbons (Fsp3) is 0.333. The third-order valence-corrected chi connectivity index (χ3v) is 2.72. The molecule has 2 N–H and O–H groups in total. The molecule has 17 heavy (non-hydrogen) atoms. The number of nitrogens with zero attached hydrogens (tertiary/aromatic N) is 2. The van der Waals surface area contributed by atoms with Crippen molar-refractivity contribution in [1.29, 1.82) is 0 Å². The number of nitrogens with one attached hydrogen (secondary N) is 1. The van der Waals surface area contributed by atoms with Crippen LogP contribution >= 0.6 is 0 Å². The average Bonchev–Trinajstić information content (AvgIpc) is 2.82. The average molecular weight is 233 g/mol. The molecule has 0 aliphatic heterocycles. The number of carbonyl (C=O) groups excluding carboxylic acids is 1. The van der Waals surface area contributed by atoms with Crippen LogP contribution in [0.2, 0.25) is 0 Å². The molecule has 0 saturated carbocycles. The van der Waals surface area contributed by atoms with Gasteiger partial charge in [-0.2, -0.15) is 0 Å². The van der Waals surface area contributed by atoms with Crippen LogP contribution in [0.25, 0.3) is 5.52 Å². The van der Waals surface area contributed by atoms with Gasteiger partial charge in [-0.05, 0) is 18.6 Å². The van der Waals surface area contributed by atoms with Crippen LogP contribution in [0, 0.1) is 0 Å². The Morgan fingerprint density at radius 3 is 3.18 bits per heavy atom. The van der Waals surface area contributed by atoms with E-state index < -0.39 is 0 Å². The molecule has 2 aromatic heterocycles. The summed E-state index contributed by atoms with van der Waals surface area (Å²) in [5.41, 5.74) is 1.44. The van der Waals surface area contributed by atoms with Gasteiger partial charge in [0.1, 0.15) is 0 Å². The summed E-state index contributed by atoms with van der Waals surface area (Å²) in [4.78, 5) is 15.9. The number of aliphatic hydroxyl groups is 1. The summed E-state index contributed by atoms with van der Waals surface area (Å²) in [7, 11) is 0. The second-order valence-electron chi connectivity index (χ2n) is 3.90. The van der Waals surface area contributed by atoms with E-state index in [0.717, 1.165) is 5.52 Å². The summed E-state index contributed by atoms with van der Waals surface area (Å²) in [6.45, 7) is 1.87. The van der Waals surface area contributed by atoms with Crippen LogP contribution in [-0.2, 0) is 0 Å². The first kappa shape index (κ1) is 11.6. The molecule has 0 bridgehead atoms. The summed E-state index contributed by atoms with van der Waals surface area (Å²) in [5, 5.41) is 11.8. The second-order valence-corrected chi connectivity index (χ2v) is 3.90. The van der Waals surface area contributed by atoms with Crippen molar-refractivity contribution in [2.45, 2.75) is 19.4 Å². The van der Waals surface area contributed by atoms with Gasteiger partial charge in [-0.25, -0.2) is 4.98 Å². The van der Waals surface area contributed by atoms with Crippen LogP contribution in [0.4, 0.5) is 0 Å². The van der Waals surface area contributed by atoms with Crippen molar-refractivity contribution >= 4 is 11.4 Å². The lowest BCUT2D eigenvalue weighted by molar-refractivity contribution is 0.0915. The predicted molar refractivity (Wildman–Crippen MR) is 63.8 cm³/mol. The first-order valence-electron chi connectivity index (χ1n) is 5.58. The Bertz CT molecular complexity index is 517. The predicted octanol–water partition coefficient (Wildman–Crippen LogP) is 0.835. The minimum Gasteiger partial charge on any atom is -0.394 e. The smallest absolute Gasteiger partial charge is 0.251 e. The van der Waals surface area contributed by atoms with Gasteiger partial charge in [-0.1, -0.05) is 6.92 Å². The van der Waals surface area contributed by atoms with E-state index in [9.17, 15) is 4.79 Å². The van der Waals surface area contributed by atoms with E-state index in [1.807, 2.05) is 11.3 Å². The zero-order valence-electron chi connectivity index (χ0n) is 9.63. The Kier molecular flexibility index (Phi) is 3.39. The summed E-state index contributed by atoms with van der Waals surface area (Å²) < 4.78 is 1.83. The standard InChI is InChI=1S/C12H15N3O2/c1-2-10(7-16)14-12(17)9-3-4-15-8-13-6-11(15)5-9/h3-6,8,10,16H,2,7H2,1H3,(H,14,17). The Morgan fingerprint density at radius 1 is 1.65 bits per heavy atom. The number of hydrogen-bond donors (Lipinski definition) is 2. The SMILES string of the molecule is CCC(CO)NC(=O)c1ccn2cncc2c1. The molecule has 0 radical (unpaired) electrons. The lowest BCUT2D eigenvalue weighted by Crippen LogP contribution is -2.36. The Balaban J connectivity index is 2.18. The Hall–Kier alpha value is -1.88. The molecule has 1 amide bonds. The highest BCUT2D eigenvalue weighted by Gasteiger charge is 2.11. The summed E-state index contributed by atoms with van der Waals surface area (Å²) in [6.07, 6.45) is 5.87. The van der Waals surface area contributed by atoms with E-state index in [1.165, 1.54) is 0 Å². The monoisotopic (exact) mass is 233 g/mol. The molecule has 0 aliphatic rings. The normalized spacial score (nSPS) is 12.6. The van der Waals surface area contributed by atoms with Crippen LogP contribution in [0.15, 0.2) is 30.9 Å². The number of pyridine rings is 1. The maximum absolute atomic E-state index is 11.9. The minimum absolute atomic E-state index is 0.0445. The van der Waals surface area contributed by atoms with E-state index in [4.69, 9.17) is 5.11 Å². The fourth-order valence-corrected chi connectivity index (χ4v) is 1.61. The highest BCUT2D eigenvalue weighted by molar-refractivity contribution is 5.95. The van der Waals surface area contributed by atoms with Gasteiger partial charge >= 0.3 is 0 Å². The van der Waals surface area contributed by atoms with Crippen LogP contribution in [0.1, 0.15) is 23.7 Å². The molecule has 0 spiro atoms. The van der Waals surface area contributed by atoms with Crippen LogP contribution in [0.3, 0.4) is 0 Å². The number of aromatic nitrogens is 2. The molecule has 1 unspecified atom stereocenters. The number of hydrogen-bond acceptors (Lipinski definition) is 3. The number of carbonyl (C=O) groups is 1. The van der Waals surface area contributed by atoms with E-state index in [1.54, 1.807) is 30.9 Å². The van der Waals surface area contributed by atoms with E-state index in [2.05, 4.69) is 10.3 Å². The zero-order chi connectivity index (χ0) is 12.3. The third-order valence-electron chi connectivity index (χ3n) is 2.72. The number of amides is 1. The van der Waals surface area contributed by atoms with Crippen molar-refractivity contribution in [2.75, 3.05) is 6.61 Å². The van der Waals surface area contributed by atoms with Crippen molar-refractivity contribution in [3.63, 3.8) is 0 Å². The van der Waals surface area contributed by atoms with Crippen LogP contribution < -0.4 is 5.32 Å². The van der Waals surface area contributed by atoms with Gasteiger partial charge < -0.3 is 14.8 Å². The lowest BCUT2D eigenvalue weighted by Gasteiger charge is -2.13. The van der Waals surface area contributed by atoms with Gasteiger partial charge in [0.2, 0.25) is 0 Å². The first-order chi connectivity index (χ1) is 8.24. The lowest BCUT2D eigenvalue weighted by atomic mass is 10.2. The van der Waals surface area contributed by atoms with Gasteiger partial charge in [-0.15, -0.1) is 0 Å². The summed E-state index contributed by atoms with van der Waals surface area (Å²) >= 11 is 0. The van der Waals surface area contributed by atoms with Crippen molar-refractivity contribution in [1.82, 2.24) is 14.7 Å². The number of imidazole rings is 1. The summed E-state index contributed by atoms with van der Waals surface area (Å²) in [5.74, 6) is -0.172. The molecule has 5 nitrogen and oxygen atoms in total. The Morgan fingerprint density at radius 2 is 2.47 bits per heavy atom. The largest absolute Gasteiger partial charge is 0.394 e. The van der Waals surface area contributed by atoms with Crippen molar-refractivity contribution in [2.24, 2.45) is 0 Å². The zero-order valence-corrected chi connectivity index (χ0v) is 9.63. The highest BCUT2D eigenvalue weighted by atomic mass is 16.3.